The number of anilines is 2. The maximum atomic E-state index is 12.4. The van der Waals surface area contributed by atoms with Crippen molar-refractivity contribution >= 4 is 23.0 Å². The Bertz CT molecular complexity index is 803. The first kappa shape index (κ1) is 20.4. The van der Waals surface area contributed by atoms with Crippen molar-refractivity contribution < 1.29 is 14.6 Å². The number of hydrogen-bond acceptors (Lipinski definition) is 4. The van der Waals surface area contributed by atoms with Crippen molar-refractivity contribution in [2.75, 3.05) is 37.4 Å². The van der Waals surface area contributed by atoms with Crippen LogP contribution in [0, 0.1) is 17.0 Å². The maximum Gasteiger partial charge on any atom is 0.279 e. The van der Waals surface area contributed by atoms with Gasteiger partial charge in [-0.1, -0.05) is 18.2 Å². The fourth-order valence-corrected chi connectivity index (χ4v) is 2.79. The largest absolute Gasteiger partial charge is 0.378 e. The molecule has 0 saturated heterocycles. The lowest BCUT2D eigenvalue weighted by molar-refractivity contribution is -0.903. The fraction of sp³-hybridized carbons (Fsp3) is 0.350. The average molecular weight is 371 g/mol. The van der Waals surface area contributed by atoms with Gasteiger partial charge in [0.25, 0.3) is 11.6 Å². The smallest absolute Gasteiger partial charge is 0.279 e. The normalized spacial score (nSPS) is 11.7. The third kappa shape index (κ3) is 5.79. The van der Waals surface area contributed by atoms with E-state index in [0.29, 0.717) is 12.2 Å². The molecule has 27 heavy (non-hydrogen) atoms. The minimum atomic E-state index is -0.462. The molecule has 0 aromatic heterocycles. The first-order valence-corrected chi connectivity index (χ1v) is 8.95. The van der Waals surface area contributed by atoms with Gasteiger partial charge in [0.05, 0.1) is 17.2 Å². The molecule has 0 spiro atoms. The Kier molecular flexibility index (Phi) is 6.90. The van der Waals surface area contributed by atoms with E-state index in [-0.39, 0.29) is 11.6 Å². The number of non-ortho nitro benzene ring substituents is 1. The van der Waals surface area contributed by atoms with E-state index in [0.717, 1.165) is 34.8 Å². The molecule has 2 aromatic rings. The van der Waals surface area contributed by atoms with Crippen molar-refractivity contribution in [2.45, 2.75) is 20.4 Å². The zero-order valence-electron chi connectivity index (χ0n) is 16.3. The van der Waals surface area contributed by atoms with Gasteiger partial charge < -0.3 is 15.1 Å². The van der Waals surface area contributed by atoms with E-state index in [1.54, 1.807) is 6.07 Å². The third-order valence-electron chi connectivity index (χ3n) is 4.52. The van der Waals surface area contributed by atoms with E-state index in [4.69, 9.17) is 0 Å². The zero-order chi connectivity index (χ0) is 20.0. The first-order valence-electron chi connectivity index (χ1n) is 8.95. The molecular weight excluding hydrogens is 344 g/mol. The summed E-state index contributed by atoms with van der Waals surface area (Å²) in [5, 5.41) is 13.7. The van der Waals surface area contributed by atoms with Crippen LogP contribution in [0.1, 0.15) is 18.1 Å². The van der Waals surface area contributed by atoms with Gasteiger partial charge in [0.1, 0.15) is 6.54 Å². The molecule has 7 heteroatoms. The zero-order valence-corrected chi connectivity index (χ0v) is 16.3. The van der Waals surface area contributed by atoms with Crippen molar-refractivity contribution in [3.05, 3.63) is 63.7 Å². The lowest BCUT2D eigenvalue weighted by atomic mass is 10.1. The number of nitrogens with one attached hydrogen (secondary N) is 2. The Balaban J connectivity index is 2.00. The third-order valence-corrected chi connectivity index (χ3v) is 4.52. The van der Waals surface area contributed by atoms with Crippen molar-refractivity contribution in [3.63, 3.8) is 0 Å². The summed E-state index contributed by atoms with van der Waals surface area (Å²) in [6, 6.07) is 12.8. The molecule has 1 atom stereocenters. The number of nitro benzene ring substituents is 1. The highest BCUT2D eigenvalue weighted by molar-refractivity contribution is 5.92. The molecule has 0 saturated carbocycles. The number of amides is 1. The minimum Gasteiger partial charge on any atom is -0.378 e. The molecule has 2 aromatic carbocycles. The van der Waals surface area contributed by atoms with Crippen LogP contribution in [0.5, 0.6) is 0 Å². The van der Waals surface area contributed by atoms with Crippen LogP contribution in [-0.4, -0.2) is 38.0 Å². The second-order valence-corrected chi connectivity index (χ2v) is 6.82. The molecule has 0 radical (unpaired) electrons. The number of nitro groups is 1. The van der Waals surface area contributed by atoms with Gasteiger partial charge in [0.15, 0.2) is 6.54 Å². The average Bonchev–Trinajstić information content (AvgIpc) is 2.63. The lowest BCUT2D eigenvalue weighted by Gasteiger charge is -2.18. The Morgan fingerprint density at radius 2 is 1.85 bits per heavy atom. The molecule has 0 aliphatic heterocycles. The molecule has 144 valence electrons. The van der Waals surface area contributed by atoms with Crippen molar-refractivity contribution in [3.8, 4) is 0 Å². The molecule has 0 aliphatic rings. The number of aryl methyl sites for hydroxylation is 1. The van der Waals surface area contributed by atoms with Crippen LogP contribution in [0.3, 0.4) is 0 Å². The number of quaternary nitrogens is 1. The minimum absolute atomic E-state index is 0.0309. The van der Waals surface area contributed by atoms with Gasteiger partial charge in [0.2, 0.25) is 0 Å². The second kappa shape index (κ2) is 9.14. The van der Waals surface area contributed by atoms with Crippen LogP contribution in [0.4, 0.5) is 17.1 Å². The molecular formula is C20H27N4O3+. The summed E-state index contributed by atoms with van der Waals surface area (Å²) in [5.41, 5.74) is 3.55. The summed E-state index contributed by atoms with van der Waals surface area (Å²) in [6.45, 7) is 5.70. The summed E-state index contributed by atoms with van der Waals surface area (Å²) in [6.07, 6.45) is 0. The topological polar surface area (TPSA) is 79.9 Å². The lowest BCUT2D eigenvalue weighted by Crippen LogP contribution is -3.11. The first-order chi connectivity index (χ1) is 12.8. The van der Waals surface area contributed by atoms with Crippen molar-refractivity contribution in [1.29, 1.82) is 0 Å². The van der Waals surface area contributed by atoms with Crippen molar-refractivity contribution in [2.24, 2.45) is 0 Å². The van der Waals surface area contributed by atoms with Crippen LogP contribution in [-0.2, 0) is 11.3 Å². The summed E-state index contributed by atoms with van der Waals surface area (Å²) < 4.78 is 0. The number of nitrogens with zero attached hydrogens (tertiary/aromatic N) is 2. The van der Waals surface area contributed by atoms with E-state index in [1.807, 2.05) is 32.8 Å². The summed E-state index contributed by atoms with van der Waals surface area (Å²) in [7, 11) is 4.00. The molecule has 7 nitrogen and oxygen atoms in total. The predicted octanol–water partition coefficient (Wildman–Crippen LogP) is 2.01. The number of carbonyl (C=O) groups excluding carboxylic acids is 1. The summed E-state index contributed by atoms with van der Waals surface area (Å²) in [5.74, 6) is -0.152. The number of rotatable bonds is 8. The predicted molar refractivity (Wildman–Crippen MR) is 107 cm³/mol. The molecule has 0 aliphatic carbocycles. The molecule has 0 bridgehead atoms. The number of likely N-dealkylation sites (N-methyl/N-ethyl adjacent to an activating group) is 1. The second-order valence-electron chi connectivity index (χ2n) is 6.82. The van der Waals surface area contributed by atoms with Crippen LogP contribution >= 0.6 is 0 Å². The van der Waals surface area contributed by atoms with Gasteiger partial charge in [-0.15, -0.1) is 0 Å². The number of hydrogen-bond donors (Lipinski definition) is 2. The van der Waals surface area contributed by atoms with E-state index in [2.05, 4.69) is 29.6 Å². The summed E-state index contributed by atoms with van der Waals surface area (Å²) in [4.78, 5) is 26.1. The van der Waals surface area contributed by atoms with Gasteiger partial charge in [-0.05, 0) is 31.5 Å². The van der Waals surface area contributed by atoms with E-state index < -0.39 is 4.92 Å². The maximum absolute atomic E-state index is 12.4. The molecule has 0 heterocycles. The quantitative estimate of drug-likeness (QED) is 0.550. The fourth-order valence-electron chi connectivity index (χ4n) is 2.79. The van der Waals surface area contributed by atoms with E-state index >= 15 is 0 Å². The Morgan fingerprint density at radius 3 is 2.41 bits per heavy atom. The monoisotopic (exact) mass is 371 g/mol. The molecule has 0 fully saturated rings. The summed E-state index contributed by atoms with van der Waals surface area (Å²) >= 11 is 0. The van der Waals surface area contributed by atoms with Crippen LogP contribution in [0.25, 0.3) is 0 Å². The number of benzene rings is 2. The molecule has 2 rings (SSSR count). The number of carbonyl (C=O) groups is 1. The van der Waals surface area contributed by atoms with Gasteiger partial charge in [0, 0.05) is 37.5 Å². The van der Waals surface area contributed by atoms with E-state index in [1.165, 1.54) is 12.1 Å². The standard InChI is InChI=1S/C20H26N4O3/c1-5-23(13-16-7-10-17(11-8-16)22(3)4)14-20(25)21-19-12-18(24(26)27)9-6-15(19)2/h6-12H,5,13-14H2,1-4H3,(H,21,25)/p+1. The van der Waals surface area contributed by atoms with Gasteiger partial charge in [-0.3, -0.25) is 14.9 Å². The van der Waals surface area contributed by atoms with Crippen molar-refractivity contribution in [1.82, 2.24) is 0 Å². The van der Waals surface area contributed by atoms with E-state index in [9.17, 15) is 14.9 Å². The van der Waals surface area contributed by atoms with Gasteiger partial charge in [-0.25, -0.2) is 0 Å². The highest BCUT2D eigenvalue weighted by Crippen LogP contribution is 2.21. The van der Waals surface area contributed by atoms with Crippen LogP contribution in [0.15, 0.2) is 42.5 Å². The highest BCUT2D eigenvalue weighted by atomic mass is 16.6. The Labute approximate surface area is 159 Å². The highest BCUT2D eigenvalue weighted by Gasteiger charge is 2.16. The van der Waals surface area contributed by atoms with Gasteiger partial charge in [-0.2, -0.15) is 0 Å². The SMILES string of the molecule is CC[NH+](CC(=O)Nc1cc([N+](=O)[O-])ccc1C)Cc1ccc(N(C)C)cc1. The van der Waals surface area contributed by atoms with Gasteiger partial charge >= 0.3 is 0 Å². The molecule has 2 N–H and O–H groups in total. The van der Waals surface area contributed by atoms with Crippen LogP contribution < -0.4 is 15.1 Å². The molecule has 1 unspecified atom stereocenters. The molecule has 1 amide bonds. The van der Waals surface area contributed by atoms with Crippen LogP contribution in [0.2, 0.25) is 0 Å². The Morgan fingerprint density at radius 1 is 1.19 bits per heavy atom. The Hall–Kier alpha value is -2.93.